The number of carbonyl (C=O) groups is 1. The predicted octanol–water partition coefficient (Wildman–Crippen LogP) is 3.60. The maximum Gasteiger partial charge on any atom is 0.416 e. The lowest BCUT2D eigenvalue weighted by Gasteiger charge is -2.18. The second kappa shape index (κ2) is 10.4. The van der Waals surface area contributed by atoms with Crippen LogP contribution in [0.5, 0.6) is 5.75 Å². The first-order valence-electron chi connectivity index (χ1n) is 10.8. The van der Waals surface area contributed by atoms with Gasteiger partial charge >= 0.3 is 6.18 Å². The molecule has 0 spiro atoms. The third-order valence-corrected chi connectivity index (χ3v) is 6.67. The zero-order valence-corrected chi connectivity index (χ0v) is 21.2. The summed E-state index contributed by atoms with van der Waals surface area (Å²) in [5.41, 5.74) is 2.74. The number of carbonyl (C=O) groups excluding carboxylic acids is 1. The van der Waals surface area contributed by atoms with Crippen molar-refractivity contribution < 1.29 is 31.1 Å². The van der Waals surface area contributed by atoms with Gasteiger partial charge < -0.3 is 15.0 Å². The number of hydrogen-bond acceptors (Lipinski definition) is 6. The summed E-state index contributed by atoms with van der Waals surface area (Å²) in [6, 6.07) is 15.3. The molecule has 0 saturated heterocycles. The Morgan fingerprint density at radius 1 is 1.11 bits per heavy atom. The molecule has 0 fully saturated rings. The van der Waals surface area contributed by atoms with Gasteiger partial charge in [0, 0.05) is 5.56 Å². The lowest BCUT2D eigenvalue weighted by Crippen LogP contribution is -2.32. The van der Waals surface area contributed by atoms with Gasteiger partial charge in [0.05, 0.1) is 30.6 Å². The van der Waals surface area contributed by atoms with Gasteiger partial charge in [-0.3, -0.25) is 10.2 Å². The highest BCUT2D eigenvalue weighted by molar-refractivity contribution is 7.89. The summed E-state index contributed by atoms with van der Waals surface area (Å²) in [5, 5.41) is 11.9. The molecule has 0 saturated carbocycles. The summed E-state index contributed by atoms with van der Waals surface area (Å²) in [7, 11) is -2.61. The number of anilines is 2. The van der Waals surface area contributed by atoms with E-state index in [9.17, 15) is 26.4 Å². The van der Waals surface area contributed by atoms with E-state index in [2.05, 4.69) is 15.8 Å². The minimum Gasteiger partial charge on any atom is -0.497 e. The zero-order valence-electron chi connectivity index (χ0n) is 19.6. The summed E-state index contributed by atoms with van der Waals surface area (Å²) in [4.78, 5) is 14.4. The molecule has 9 nitrogen and oxygen atoms in total. The van der Waals surface area contributed by atoms with E-state index < -0.39 is 27.7 Å². The van der Waals surface area contributed by atoms with Crippen molar-refractivity contribution in [1.29, 1.82) is 0 Å². The van der Waals surface area contributed by atoms with Crippen molar-refractivity contribution in [3.63, 3.8) is 0 Å². The number of halogens is 3. The van der Waals surface area contributed by atoms with Crippen LogP contribution in [0.3, 0.4) is 0 Å². The van der Waals surface area contributed by atoms with E-state index in [1.807, 2.05) is 0 Å². The van der Waals surface area contributed by atoms with Crippen molar-refractivity contribution in [2.24, 2.45) is 10.2 Å². The van der Waals surface area contributed by atoms with Crippen LogP contribution >= 0.6 is 12.2 Å². The number of para-hydroxylation sites is 1. The molecule has 1 aliphatic heterocycles. The van der Waals surface area contributed by atoms with Gasteiger partial charge in [-0.25, -0.2) is 13.6 Å². The molecular formula is C24H20F3N5O4S2. The SMILES string of the molecule is COc1ccc2c(c1)C(=NNC(=S)Nc1ccccc1S(N)(=O)=O)C(=O)N2Cc1cccc(C(F)(F)F)c1. The minimum atomic E-state index is -4.53. The summed E-state index contributed by atoms with van der Waals surface area (Å²) in [6.07, 6.45) is -4.53. The highest BCUT2D eigenvalue weighted by Gasteiger charge is 2.36. The summed E-state index contributed by atoms with van der Waals surface area (Å²) >= 11 is 5.20. The van der Waals surface area contributed by atoms with E-state index in [1.165, 1.54) is 42.3 Å². The van der Waals surface area contributed by atoms with E-state index in [4.69, 9.17) is 22.1 Å². The molecule has 1 aliphatic rings. The van der Waals surface area contributed by atoms with Gasteiger partial charge in [-0.05, 0) is 60.2 Å². The molecule has 0 bridgehead atoms. The molecule has 198 valence electrons. The quantitative estimate of drug-likeness (QED) is 0.309. The van der Waals surface area contributed by atoms with Crippen LogP contribution in [0, 0.1) is 0 Å². The van der Waals surface area contributed by atoms with Crippen LogP contribution in [0.1, 0.15) is 16.7 Å². The van der Waals surface area contributed by atoms with Crippen LogP contribution in [-0.4, -0.2) is 32.3 Å². The second-order valence-electron chi connectivity index (χ2n) is 8.04. The number of thiocarbonyl (C=S) groups is 1. The van der Waals surface area contributed by atoms with Gasteiger partial charge in [0.1, 0.15) is 10.6 Å². The number of methoxy groups -OCH3 is 1. The van der Waals surface area contributed by atoms with Gasteiger partial charge in [-0.2, -0.15) is 18.3 Å². The third kappa shape index (κ3) is 5.77. The van der Waals surface area contributed by atoms with Crippen molar-refractivity contribution >= 4 is 50.3 Å². The average molecular weight is 564 g/mol. The van der Waals surface area contributed by atoms with Crippen molar-refractivity contribution in [3.05, 3.63) is 83.4 Å². The van der Waals surface area contributed by atoms with Crippen molar-refractivity contribution in [3.8, 4) is 5.75 Å². The zero-order chi connectivity index (χ0) is 27.7. The number of nitrogens with one attached hydrogen (secondary N) is 2. The summed E-state index contributed by atoms with van der Waals surface area (Å²) < 4.78 is 68.5. The van der Waals surface area contributed by atoms with Gasteiger partial charge in [-0.15, -0.1) is 0 Å². The van der Waals surface area contributed by atoms with Gasteiger partial charge in [0.15, 0.2) is 10.8 Å². The number of nitrogens with two attached hydrogens (primary N) is 1. The summed E-state index contributed by atoms with van der Waals surface area (Å²) in [6.45, 7) is -0.147. The number of amides is 1. The molecule has 14 heteroatoms. The monoisotopic (exact) mass is 563 g/mol. The van der Waals surface area contributed by atoms with Crippen LogP contribution in [0.4, 0.5) is 24.5 Å². The normalized spacial score (nSPS) is 14.4. The van der Waals surface area contributed by atoms with Crippen LogP contribution in [0.15, 0.2) is 76.7 Å². The molecular weight excluding hydrogens is 543 g/mol. The van der Waals surface area contributed by atoms with E-state index in [0.717, 1.165) is 12.1 Å². The number of hydrazone groups is 1. The van der Waals surface area contributed by atoms with Gasteiger partial charge in [-0.1, -0.05) is 24.3 Å². The largest absolute Gasteiger partial charge is 0.497 e. The number of hydrogen-bond donors (Lipinski definition) is 3. The number of benzene rings is 3. The second-order valence-corrected chi connectivity index (χ2v) is 9.98. The average Bonchev–Trinajstić information content (AvgIpc) is 3.11. The van der Waals surface area contributed by atoms with Crippen LogP contribution in [-0.2, 0) is 27.5 Å². The molecule has 0 aliphatic carbocycles. The lowest BCUT2D eigenvalue weighted by molar-refractivity contribution is -0.137. The van der Waals surface area contributed by atoms with Crippen molar-refractivity contribution in [1.82, 2.24) is 5.43 Å². The first-order chi connectivity index (χ1) is 17.9. The first-order valence-corrected chi connectivity index (χ1v) is 12.8. The molecule has 0 atom stereocenters. The van der Waals surface area contributed by atoms with E-state index in [-0.39, 0.29) is 33.5 Å². The molecule has 4 rings (SSSR count). The molecule has 0 aromatic heterocycles. The summed E-state index contributed by atoms with van der Waals surface area (Å²) in [5.74, 6) is -0.168. The molecule has 38 heavy (non-hydrogen) atoms. The van der Waals surface area contributed by atoms with Gasteiger partial charge in [0.2, 0.25) is 10.0 Å². The van der Waals surface area contributed by atoms with E-state index >= 15 is 0 Å². The molecule has 3 aromatic rings. The standard InChI is InChI=1S/C24H20F3N5O4S2/c1-36-16-9-10-19-17(12-16)21(22(33)32(19)13-14-5-4-6-15(11-14)24(25,26)27)30-31-23(37)29-18-7-2-3-8-20(18)38(28,34)35/h2-12H,13H2,1H3,(H2,28,34,35)(H2,29,31,37). The molecule has 0 radical (unpaired) electrons. The minimum absolute atomic E-state index is 0.0743. The Morgan fingerprint density at radius 2 is 1.84 bits per heavy atom. The molecule has 0 unspecified atom stereocenters. The maximum absolute atomic E-state index is 13.3. The number of nitrogens with zero attached hydrogens (tertiary/aromatic N) is 2. The molecule has 3 aromatic carbocycles. The fourth-order valence-corrected chi connectivity index (χ4v) is 4.64. The lowest BCUT2D eigenvalue weighted by atomic mass is 10.1. The predicted molar refractivity (Wildman–Crippen MR) is 139 cm³/mol. The van der Waals surface area contributed by atoms with E-state index in [0.29, 0.717) is 17.0 Å². The van der Waals surface area contributed by atoms with E-state index in [1.54, 1.807) is 24.3 Å². The Labute approximate surface area is 221 Å². The topological polar surface area (TPSA) is 126 Å². The van der Waals surface area contributed by atoms with Crippen LogP contribution in [0.2, 0.25) is 0 Å². The van der Waals surface area contributed by atoms with Crippen molar-refractivity contribution in [2.75, 3.05) is 17.3 Å². The number of ether oxygens (including phenoxy) is 1. The van der Waals surface area contributed by atoms with Gasteiger partial charge in [0.25, 0.3) is 5.91 Å². The Balaban J connectivity index is 1.62. The molecule has 4 N–H and O–H groups in total. The van der Waals surface area contributed by atoms with Crippen LogP contribution in [0.25, 0.3) is 0 Å². The molecule has 1 amide bonds. The molecule has 1 heterocycles. The fourth-order valence-electron chi connectivity index (χ4n) is 3.79. The van der Waals surface area contributed by atoms with Crippen molar-refractivity contribution in [2.45, 2.75) is 17.6 Å². The number of rotatable bonds is 6. The Kier molecular flexibility index (Phi) is 7.40. The first kappa shape index (κ1) is 27.0. The third-order valence-electron chi connectivity index (χ3n) is 5.50. The Morgan fingerprint density at radius 3 is 2.53 bits per heavy atom. The Bertz CT molecular complexity index is 1560. The fraction of sp³-hybridized carbons (Fsp3) is 0.125. The smallest absolute Gasteiger partial charge is 0.416 e. The number of fused-ring (bicyclic) bond motifs is 1. The Hall–Kier alpha value is -4.01. The van der Waals surface area contributed by atoms with Crippen LogP contribution < -0.4 is 25.5 Å². The number of alkyl halides is 3. The maximum atomic E-state index is 13.3. The number of sulfonamides is 1. The highest BCUT2D eigenvalue weighted by atomic mass is 32.2. The number of primary sulfonamides is 1. The highest BCUT2D eigenvalue weighted by Crippen LogP contribution is 2.35.